The number of benzene rings is 1. The average molecular weight is 250 g/mol. The van der Waals surface area contributed by atoms with Crippen LogP contribution in [0.5, 0.6) is 0 Å². The van der Waals surface area contributed by atoms with Crippen LogP contribution in [0.25, 0.3) is 0 Å². The number of aryl methyl sites for hydroxylation is 1. The van der Waals surface area contributed by atoms with Crippen molar-refractivity contribution in [2.24, 2.45) is 5.73 Å². The summed E-state index contributed by atoms with van der Waals surface area (Å²) in [6.45, 7) is 5.33. The van der Waals surface area contributed by atoms with Crippen molar-refractivity contribution >= 4 is 11.6 Å². The topological polar surface area (TPSA) is 43.8 Å². The molecule has 4 heteroatoms. The molecule has 90 valence electrons. The smallest absolute Gasteiger partial charge is 0.0954 e. The fourth-order valence-electron chi connectivity index (χ4n) is 1.73. The molecule has 3 nitrogen and oxygen atoms in total. The highest BCUT2D eigenvalue weighted by Gasteiger charge is 2.06. The van der Waals surface area contributed by atoms with E-state index in [9.17, 15) is 0 Å². The molecule has 0 unspecified atom stereocenters. The summed E-state index contributed by atoms with van der Waals surface area (Å²) in [5, 5.41) is 0.763. The normalized spacial score (nSPS) is 10.8. The largest absolute Gasteiger partial charge is 0.330 e. The van der Waals surface area contributed by atoms with Gasteiger partial charge in [-0.3, -0.25) is 0 Å². The van der Waals surface area contributed by atoms with Gasteiger partial charge in [0.1, 0.15) is 0 Å². The molecule has 0 atom stereocenters. The van der Waals surface area contributed by atoms with Gasteiger partial charge in [-0.15, -0.1) is 0 Å². The van der Waals surface area contributed by atoms with Gasteiger partial charge < -0.3 is 10.3 Å². The summed E-state index contributed by atoms with van der Waals surface area (Å²) in [6.07, 6.45) is 1.85. The van der Waals surface area contributed by atoms with Gasteiger partial charge in [0.05, 0.1) is 18.6 Å². The Morgan fingerprint density at radius 3 is 2.65 bits per heavy atom. The number of nitrogens with zero attached hydrogens (tertiary/aromatic N) is 2. The van der Waals surface area contributed by atoms with Crippen LogP contribution in [0.1, 0.15) is 22.5 Å². The number of imidazole rings is 1. The van der Waals surface area contributed by atoms with Crippen molar-refractivity contribution < 1.29 is 0 Å². The van der Waals surface area contributed by atoms with E-state index < -0.39 is 0 Å². The van der Waals surface area contributed by atoms with Gasteiger partial charge in [-0.1, -0.05) is 23.7 Å². The molecule has 0 saturated carbocycles. The quantitative estimate of drug-likeness (QED) is 0.909. The van der Waals surface area contributed by atoms with Crippen molar-refractivity contribution in [1.82, 2.24) is 9.55 Å². The van der Waals surface area contributed by atoms with E-state index in [-0.39, 0.29) is 0 Å². The highest BCUT2D eigenvalue weighted by atomic mass is 35.5. The van der Waals surface area contributed by atoms with Crippen molar-refractivity contribution in [2.75, 3.05) is 0 Å². The molecule has 0 radical (unpaired) electrons. The molecule has 1 aromatic heterocycles. The number of halogens is 1. The maximum atomic E-state index is 6.23. The number of nitrogens with two attached hydrogens (primary N) is 1. The van der Waals surface area contributed by atoms with Gasteiger partial charge >= 0.3 is 0 Å². The first-order chi connectivity index (χ1) is 8.11. The van der Waals surface area contributed by atoms with Crippen LogP contribution >= 0.6 is 11.6 Å². The van der Waals surface area contributed by atoms with Crippen molar-refractivity contribution in [3.05, 3.63) is 52.1 Å². The Kier molecular flexibility index (Phi) is 3.50. The number of aromatic nitrogens is 2. The summed E-state index contributed by atoms with van der Waals surface area (Å²) < 4.78 is 2.10. The molecular formula is C13H16ClN3. The van der Waals surface area contributed by atoms with Gasteiger partial charge in [0, 0.05) is 17.3 Å². The molecule has 0 aliphatic heterocycles. The SMILES string of the molecule is Cc1ncn(Cc2ccc(CN)cc2Cl)c1C. The van der Waals surface area contributed by atoms with Crippen LogP contribution in [-0.4, -0.2) is 9.55 Å². The second-order valence-electron chi connectivity index (χ2n) is 4.17. The van der Waals surface area contributed by atoms with Gasteiger partial charge in [-0.05, 0) is 31.0 Å². The molecule has 2 N–H and O–H groups in total. The van der Waals surface area contributed by atoms with Gasteiger partial charge in [0.25, 0.3) is 0 Å². The van der Waals surface area contributed by atoms with Crippen molar-refractivity contribution in [1.29, 1.82) is 0 Å². The second-order valence-corrected chi connectivity index (χ2v) is 4.58. The van der Waals surface area contributed by atoms with E-state index in [4.69, 9.17) is 17.3 Å². The monoisotopic (exact) mass is 249 g/mol. The van der Waals surface area contributed by atoms with Crippen LogP contribution < -0.4 is 5.73 Å². The molecule has 0 saturated heterocycles. The second kappa shape index (κ2) is 4.90. The third-order valence-electron chi connectivity index (χ3n) is 3.04. The lowest BCUT2D eigenvalue weighted by Crippen LogP contribution is -2.03. The zero-order valence-electron chi connectivity index (χ0n) is 10.1. The lowest BCUT2D eigenvalue weighted by Gasteiger charge is -2.09. The number of rotatable bonds is 3. The molecule has 17 heavy (non-hydrogen) atoms. The molecule has 0 fully saturated rings. The van der Waals surface area contributed by atoms with Crippen LogP contribution in [0.2, 0.25) is 5.02 Å². The van der Waals surface area contributed by atoms with E-state index >= 15 is 0 Å². The lowest BCUT2D eigenvalue weighted by atomic mass is 10.1. The molecule has 0 amide bonds. The Hall–Kier alpha value is -1.32. The van der Waals surface area contributed by atoms with E-state index in [1.807, 2.05) is 31.5 Å². The highest BCUT2D eigenvalue weighted by Crippen LogP contribution is 2.20. The lowest BCUT2D eigenvalue weighted by molar-refractivity contribution is 0.768. The summed E-state index contributed by atoms with van der Waals surface area (Å²) >= 11 is 6.23. The molecule has 0 spiro atoms. The molecule has 0 aliphatic rings. The van der Waals surface area contributed by atoms with Crippen molar-refractivity contribution in [2.45, 2.75) is 26.9 Å². The van der Waals surface area contributed by atoms with Gasteiger partial charge in [-0.25, -0.2) is 4.98 Å². The first-order valence-electron chi connectivity index (χ1n) is 5.57. The fourth-order valence-corrected chi connectivity index (χ4v) is 2.00. The number of hydrogen-bond donors (Lipinski definition) is 1. The predicted octanol–water partition coefficient (Wildman–Crippen LogP) is 2.66. The first kappa shape index (κ1) is 12.1. The van der Waals surface area contributed by atoms with E-state index in [0.717, 1.165) is 28.4 Å². The maximum Gasteiger partial charge on any atom is 0.0954 e. The van der Waals surface area contributed by atoms with Crippen LogP contribution in [0.15, 0.2) is 24.5 Å². The van der Waals surface area contributed by atoms with Crippen LogP contribution in [0, 0.1) is 13.8 Å². The van der Waals surface area contributed by atoms with Crippen LogP contribution in [-0.2, 0) is 13.1 Å². The van der Waals surface area contributed by atoms with Crippen LogP contribution in [0.4, 0.5) is 0 Å². The first-order valence-corrected chi connectivity index (χ1v) is 5.95. The summed E-state index contributed by atoms with van der Waals surface area (Å²) in [4.78, 5) is 4.28. The fraction of sp³-hybridized carbons (Fsp3) is 0.308. The highest BCUT2D eigenvalue weighted by molar-refractivity contribution is 6.31. The molecule has 0 bridgehead atoms. The van der Waals surface area contributed by atoms with E-state index in [1.165, 1.54) is 5.69 Å². The third-order valence-corrected chi connectivity index (χ3v) is 3.39. The minimum Gasteiger partial charge on any atom is -0.330 e. The zero-order valence-corrected chi connectivity index (χ0v) is 10.8. The maximum absolute atomic E-state index is 6.23. The molecule has 2 rings (SSSR count). The van der Waals surface area contributed by atoms with E-state index in [2.05, 4.69) is 16.5 Å². The van der Waals surface area contributed by atoms with Gasteiger partial charge in [-0.2, -0.15) is 0 Å². The molecule has 2 aromatic rings. The van der Waals surface area contributed by atoms with Crippen molar-refractivity contribution in [3.63, 3.8) is 0 Å². The molecule has 1 aromatic carbocycles. The molecule has 0 aliphatic carbocycles. The summed E-state index contributed by atoms with van der Waals surface area (Å²) in [7, 11) is 0. The Labute approximate surface area is 106 Å². The van der Waals surface area contributed by atoms with Crippen LogP contribution in [0.3, 0.4) is 0 Å². The number of hydrogen-bond acceptors (Lipinski definition) is 2. The average Bonchev–Trinajstić information content (AvgIpc) is 2.63. The summed E-state index contributed by atoms with van der Waals surface area (Å²) in [5.41, 5.74) is 9.94. The third kappa shape index (κ3) is 2.51. The van der Waals surface area contributed by atoms with Gasteiger partial charge in [0.15, 0.2) is 0 Å². The zero-order chi connectivity index (χ0) is 12.4. The van der Waals surface area contributed by atoms with E-state index in [0.29, 0.717) is 6.54 Å². The standard InChI is InChI=1S/C13H16ClN3/c1-9-10(2)17(8-16-9)7-12-4-3-11(6-15)5-13(12)14/h3-5,8H,6-7,15H2,1-2H3. The Morgan fingerprint density at radius 2 is 2.12 bits per heavy atom. The Morgan fingerprint density at radius 1 is 1.35 bits per heavy atom. The Balaban J connectivity index is 2.27. The van der Waals surface area contributed by atoms with E-state index in [1.54, 1.807) is 0 Å². The summed E-state index contributed by atoms with van der Waals surface area (Å²) in [5.74, 6) is 0. The predicted molar refractivity (Wildman–Crippen MR) is 70.1 cm³/mol. The molecular weight excluding hydrogens is 234 g/mol. The summed E-state index contributed by atoms with van der Waals surface area (Å²) in [6, 6.07) is 5.97. The van der Waals surface area contributed by atoms with Crippen molar-refractivity contribution in [3.8, 4) is 0 Å². The molecule has 1 heterocycles. The minimum absolute atomic E-state index is 0.517. The minimum atomic E-state index is 0.517. The Bertz CT molecular complexity index is 531. The van der Waals surface area contributed by atoms with Gasteiger partial charge in [0.2, 0.25) is 0 Å².